The second-order valence-corrected chi connectivity index (χ2v) is 4.53. The number of hydrogen-bond donors (Lipinski definition) is 0. The van der Waals surface area contributed by atoms with Gasteiger partial charge >= 0.3 is 0 Å². The third-order valence-electron chi connectivity index (χ3n) is 2.14. The maximum Gasteiger partial charge on any atom is 0.214 e. The summed E-state index contributed by atoms with van der Waals surface area (Å²) in [5, 5.41) is 0.425. The lowest BCUT2D eigenvalue weighted by atomic mass is 10.1. The van der Waals surface area contributed by atoms with Crippen molar-refractivity contribution in [1.29, 1.82) is 0 Å². The third-order valence-corrected chi connectivity index (χ3v) is 2.82. The second-order valence-electron chi connectivity index (χ2n) is 3.23. The molecule has 0 aliphatic carbocycles. The highest BCUT2D eigenvalue weighted by Gasteiger charge is 2.04. The van der Waals surface area contributed by atoms with E-state index in [0.717, 1.165) is 15.6 Å². The Labute approximate surface area is 107 Å². The average molecular weight is 299 g/mol. The number of pyridine rings is 1. The fraction of sp³-hybridized carbons (Fsp3) is 0.0833. The smallest absolute Gasteiger partial charge is 0.214 e. The average Bonchev–Trinajstić information content (AvgIpc) is 2.28. The van der Waals surface area contributed by atoms with Gasteiger partial charge in [-0.15, -0.1) is 0 Å². The molecule has 0 radical (unpaired) electrons. The Bertz CT molecular complexity index is 516. The minimum atomic E-state index is 0.425. The quantitative estimate of drug-likeness (QED) is 0.776. The maximum atomic E-state index is 5.92. The van der Waals surface area contributed by atoms with Crippen LogP contribution in [0.1, 0.15) is 0 Å². The normalized spacial score (nSPS) is 10.2. The van der Waals surface area contributed by atoms with E-state index in [1.54, 1.807) is 7.11 Å². The van der Waals surface area contributed by atoms with Gasteiger partial charge in [0.25, 0.3) is 0 Å². The van der Waals surface area contributed by atoms with Crippen molar-refractivity contribution >= 4 is 27.5 Å². The van der Waals surface area contributed by atoms with Crippen molar-refractivity contribution < 1.29 is 4.74 Å². The standard InChI is InChI=1S/C12H9BrClNO/c1-16-12-7-9(6-11(14)15-12)8-3-2-4-10(13)5-8/h2-7H,1H3. The van der Waals surface area contributed by atoms with Gasteiger partial charge in [-0.3, -0.25) is 0 Å². The fourth-order valence-electron chi connectivity index (χ4n) is 1.41. The molecule has 2 nitrogen and oxygen atoms in total. The van der Waals surface area contributed by atoms with Crippen LogP contribution in [0.25, 0.3) is 11.1 Å². The van der Waals surface area contributed by atoms with E-state index in [-0.39, 0.29) is 0 Å². The number of halogens is 2. The summed E-state index contributed by atoms with van der Waals surface area (Å²) in [6, 6.07) is 11.6. The lowest BCUT2D eigenvalue weighted by Gasteiger charge is -2.05. The molecule has 0 unspecified atom stereocenters. The van der Waals surface area contributed by atoms with Gasteiger partial charge in [0.2, 0.25) is 5.88 Å². The zero-order chi connectivity index (χ0) is 11.5. The van der Waals surface area contributed by atoms with Crippen molar-refractivity contribution in [2.24, 2.45) is 0 Å². The van der Waals surface area contributed by atoms with Crippen molar-refractivity contribution in [2.75, 3.05) is 7.11 Å². The number of methoxy groups -OCH3 is 1. The van der Waals surface area contributed by atoms with E-state index in [9.17, 15) is 0 Å². The van der Waals surface area contributed by atoms with Gasteiger partial charge in [-0.2, -0.15) is 0 Å². The van der Waals surface area contributed by atoms with E-state index in [1.165, 1.54) is 0 Å². The minimum absolute atomic E-state index is 0.425. The SMILES string of the molecule is COc1cc(-c2cccc(Br)c2)cc(Cl)n1. The van der Waals surface area contributed by atoms with Crippen molar-refractivity contribution in [1.82, 2.24) is 4.98 Å². The third kappa shape index (κ3) is 2.54. The maximum absolute atomic E-state index is 5.92. The number of aromatic nitrogens is 1. The highest BCUT2D eigenvalue weighted by molar-refractivity contribution is 9.10. The van der Waals surface area contributed by atoms with E-state index in [2.05, 4.69) is 20.9 Å². The molecule has 0 aliphatic rings. The molecule has 0 amide bonds. The largest absolute Gasteiger partial charge is 0.481 e. The van der Waals surface area contributed by atoms with E-state index in [1.807, 2.05) is 36.4 Å². The Hall–Kier alpha value is -1.06. The van der Waals surface area contributed by atoms with Crippen LogP contribution < -0.4 is 4.74 Å². The molecule has 2 rings (SSSR count). The highest BCUT2D eigenvalue weighted by Crippen LogP contribution is 2.27. The first-order valence-corrected chi connectivity index (χ1v) is 5.83. The molecule has 0 saturated carbocycles. The molecule has 4 heteroatoms. The van der Waals surface area contributed by atoms with Crippen LogP contribution in [-0.2, 0) is 0 Å². The van der Waals surface area contributed by atoms with Crippen LogP contribution in [0.5, 0.6) is 5.88 Å². The van der Waals surface area contributed by atoms with Crippen molar-refractivity contribution in [2.45, 2.75) is 0 Å². The summed E-state index contributed by atoms with van der Waals surface area (Å²) in [7, 11) is 1.57. The molecule has 0 fully saturated rings. The van der Waals surface area contributed by atoms with Crippen LogP contribution >= 0.6 is 27.5 Å². The van der Waals surface area contributed by atoms with Crippen LogP contribution in [0.15, 0.2) is 40.9 Å². The Morgan fingerprint density at radius 2 is 2.00 bits per heavy atom. The molecule has 0 aliphatic heterocycles. The molecule has 1 aromatic carbocycles. The Kier molecular flexibility index (Phi) is 3.46. The zero-order valence-electron chi connectivity index (χ0n) is 8.58. The summed E-state index contributed by atoms with van der Waals surface area (Å²) in [5.74, 6) is 0.516. The van der Waals surface area contributed by atoms with Crippen LogP contribution in [-0.4, -0.2) is 12.1 Å². The molecule has 1 heterocycles. The molecule has 0 atom stereocenters. The Morgan fingerprint density at radius 3 is 2.69 bits per heavy atom. The predicted molar refractivity (Wildman–Crippen MR) is 68.9 cm³/mol. The van der Waals surface area contributed by atoms with E-state index < -0.39 is 0 Å². The van der Waals surface area contributed by atoms with Gasteiger partial charge in [-0.05, 0) is 29.3 Å². The molecule has 0 saturated heterocycles. The van der Waals surface area contributed by atoms with E-state index >= 15 is 0 Å². The van der Waals surface area contributed by atoms with Gasteiger partial charge in [0, 0.05) is 10.5 Å². The number of hydrogen-bond acceptors (Lipinski definition) is 2. The predicted octanol–water partition coefficient (Wildman–Crippen LogP) is 4.17. The zero-order valence-corrected chi connectivity index (χ0v) is 10.9. The van der Waals surface area contributed by atoms with Gasteiger partial charge in [0.15, 0.2) is 0 Å². The second kappa shape index (κ2) is 4.85. The van der Waals surface area contributed by atoms with Gasteiger partial charge in [0.05, 0.1) is 7.11 Å². The lowest BCUT2D eigenvalue weighted by molar-refractivity contribution is 0.398. The number of nitrogens with zero attached hydrogens (tertiary/aromatic N) is 1. The van der Waals surface area contributed by atoms with Gasteiger partial charge < -0.3 is 4.74 Å². The van der Waals surface area contributed by atoms with Gasteiger partial charge in [0.1, 0.15) is 5.15 Å². The number of ether oxygens (including phenoxy) is 1. The van der Waals surface area contributed by atoms with Crippen molar-refractivity contribution in [3.05, 3.63) is 46.0 Å². The summed E-state index contributed by atoms with van der Waals surface area (Å²) in [6.07, 6.45) is 0. The summed E-state index contributed by atoms with van der Waals surface area (Å²) in [6.45, 7) is 0. The van der Waals surface area contributed by atoms with E-state index in [0.29, 0.717) is 11.0 Å². The number of benzene rings is 1. The summed E-state index contributed by atoms with van der Waals surface area (Å²) < 4.78 is 6.11. The molecule has 82 valence electrons. The van der Waals surface area contributed by atoms with Crippen molar-refractivity contribution in [3.8, 4) is 17.0 Å². The van der Waals surface area contributed by atoms with Crippen LogP contribution in [0.4, 0.5) is 0 Å². The lowest BCUT2D eigenvalue weighted by Crippen LogP contribution is -1.89. The van der Waals surface area contributed by atoms with Crippen molar-refractivity contribution in [3.63, 3.8) is 0 Å². The Morgan fingerprint density at radius 1 is 1.19 bits per heavy atom. The van der Waals surface area contributed by atoms with Gasteiger partial charge in [-0.25, -0.2) is 4.98 Å². The van der Waals surface area contributed by atoms with E-state index in [4.69, 9.17) is 16.3 Å². The van der Waals surface area contributed by atoms with Crippen LogP contribution in [0, 0.1) is 0 Å². The molecular weight excluding hydrogens is 289 g/mol. The molecule has 0 N–H and O–H groups in total. The molecule has 0 bridgehead atoms. The topological polar surface area (TPSA) is 22.1 Å². The summed E-state index contributed by atoms with van der Waals surface area (Å²) in [5.41, 5.74) is 2.05. The monoisotopic (exact) mass is 297 g/mol. The first-order valence-electron chi connectivity index (χ1n) is 4.66. The molecule has 1 aromatic heterocycles. The molecule has 0 spiro atoms. The highest BCUT2D eigenvalue weighted by atomic mass is 79.9. The van der Waals surface area contributed by atoms with Crippen LogP contribution in [0.3, 0.4) is 0 Å². The Balaban J connectivity index is 2.51. The summed E-state index contributed by atoms with van der Waals surface area (Å²) >= 11 is 9.35. The number of rotatable bonds is 2. The summed E-state index contributed by atoms with van der Waals surface area (Å²) in [4.78, 5) is 4.03. The molecule has 16 heavy (non-hydrogen) atoms. The van der Waals surface area contributed by atoms with Crippen LogP contribution in [0.2, 0.25) is 5.15 Å². The minimum Gasteiger partial charge on any atom is -0.481 e. The van der Waals surface area contributed by atoms with Gasteiger partial charge in [-0.1, -0.05) is 39.7 Å². The molecular formula is C12H9BrClNO. The fourth-order valence-corrected chi connectivity index (χ4v) is 2.01. The first-order chi connectivity index (χ1) is 7.69. The molecule has 2 aromatic rings. The first kappa shape index (κ1) is 11.4.